The van der Waals surface area contributed by atoms with Crippen LogP contribution in [0.1, 0.15) is 64.6 Å². The number of hydrogen-bond donors (Lipinski definition) is 3. The molecule has 1 aromatic heterocycles. The molecule has 0 bridgehead atoms. The smallest absolute Gasteiger partial charge is 0.326 e. The molecule has 0 fully saturated rings. The topological polar surface area (TPSA) is 107 Å². The predicted octanol–water partition coefficient (Wildman–Crippen LogP) is 4.02. The Hall–Kier alpha value is -2.53. The Morgan fingerprint density at radius 2 is 1.87 bits per heavy atom. The van der Waals surface area contributed by atoms with Crippen molar-refractivity contribution in [3.05, 3.63) is 23.4 Å². The Kier molecular flexibility index (Phi) is 13.7. The van der Waals surface area contributed by atoms with Crippen LogP contribution in [0.15, 0.2) is 12.1 Å². The van der Waals surface area contributed by atoms with Crippen molar-refractivity contribution in [2.24, 2.45) is 0 Å². The number of anilines is 1. The third-order valence-corrected chi connectivity index (χ3v) is 6.58. The minimum Gasteiger partial charge on any atom is -0.480 e. The summed E-state index contributed by atoms with van der Waals surface area (Å²) in [5.74, 6) is -0.131. The minimum absolute atomic E-state index is 0.0756. The zero-order chi connectivity index (χ0) is 28.1. The van der Waals surface area contributed by atoms with E-state index in [1.807, 2.05) is 32.6 Å². The van der Waals surface area contributed by atoms with Gasteiger partial charge >= 0.3 is 12.0 Å². The molecule has 0 aromatic carbocycles. The number of unbranched alkanes of at least 4 members (excludes halogenated alkanes) is 1. The van der Waals surface area contributed by atoms with Gasteiger partial charge in [0.05, 0.1) is 6.61 Å². The van der Waals surface area contributed by atoms with Crippen LogP contribution in [0.3, 0.4) is 0 Å². The van der Waals surface area contributed by atoms with Crippen molar-refractivity contribution in [3.8, 4) is 0 Å². The number of carboxylic acid groups (broad SMARTS) is 1. The summed E-state index contributed by atoms with van der Waals surface area (Å²) in [6, 6.07) is 2.58. The van der Waals surface area contributed by atoms with Crippen LogP contribution in [0.5, 0.6) is 0 Å². The van der Waals surface area contributed by atoms with Crippen molar-refractivity contribution in [2.75, 3.05) is 44.7 Å². The number of carbonyl (C=O) groups is 2. The molecule has 38 heavy (non-hydrogen) atoms. The number of halogens is 2. The summed E-state index contributed by atoms with van der Waals surface area (Å²) in [6.45, 7) is 9.42. The minimum atomic E-state index is -2.53. The van der Waals surface area contributed by atoms with E-state index in [0.717, 1.165) is 50.2 Å². The summed E-state index contributed by atoms with van der Waals surface area (Å²) >= 11 is 0. The summed E-state index contributed by atoms with van der Waals surface area (Å²) in [4.78, 5) is 33.0. The number of rotatable bonds is 17. The van der Waals surface area contributed by atoms with Gasteiger partial charge in [-0.25, -0.2) is 23.4 Å². The highest BCUT2D eigenvalue weighted by Crippen LogP contribution is 2.20. The molecule has 1 aliphatic heterocycles. The Labute approximate surface area is 225 Å². The lowest BCUT2D eigenvalue weighted by Gasteiger charge is -2.32. The number of aromatic nitrogens is 1. The second-order valence-electron chi connectivity index (χ2n) is 10.3. The first-order valence-electron chi connectivity index (χ1n) is 13.7. The molecule has 0 saturated carbocycles. The average Bonchev–Trinajstić information content (AvgIpc) is 2.85. The first kappa shape index (κ1) is 31.7. The third-order valence-electron chi connectivity index (χ3n) is 6.58. The highest BCUT2D eigenvalue weighted by atomic mass is 19.3. The lowest BCUT2D eigenvalue weighted by molar-refractivity contribution is -0.139. The summed E-state index contributed by atoms with van der Waals surface area (Å²) in [7, 11) is 0. The van der Waals surface area contributed by atoms with Crippen LogP contribution in [0, 0.1) is 0 Å². The molecule has 1 aliphatic rings. The molecule has 11 heteroatoms. The molecule has 2 amide bonds. The molecule has 3 N–H and O–H groups in total. The number of alkyl halides is 2. The number of aryl methyl sites for hydroxylation is 2. The van der Waals surface area contributed by atoms with Gasteiger partial charge in [-0.2, -0.15) is 0 Å². The number of fused-ring (bicyclic) bond motifs is 1. The monoisotopic (exact) mass is 541 g/mol. The number of nitrogens with zero attached hydrogens (tertiary/aromatic N) is 3. The fourth-order valence-corrected chi connectivity index (χ4v) is 4.71. The van der Waals surface area contributed by atoms with E-state index >= 15 is 0 Å². The number of ether oxygens (including phenoxy) is 1. The fourth-order valence-electron chi connectivity index (χ4n) is 4.71. The van der Waals surface area contributed by atoms with E-state index in [0.29, 0.717) is 19.6 Å². The van der Waals surface area contributed by atoms with Crippen LogP contribution in [0.2, 0.25) is 0 Å². The largest absolute Gasteiger partial charge is 0.480 e. The van der Waals surface area contributed by atoms with E-state index in [1.54, 1.807) is 4.90 Å². The van der Waals surface area contributed by atoms with E-state index in [4.69, 9.17) is 9.72 Å². The number of pyridine rings is 1. The van der Waals surface area contributed by atoms with Crippen molar-refractivity contribution in [1.82, 2.24) is 20.1 Å². The molecule has 0 aliphatic carbocycles. The van der Waals surface area contributed by atoms with Crippen LogP contribution in [-0.4, -0.2) is 95.8 Å². The SMILES string of the molecule is CC(C)N(C(=O)NC(CCN(CCCCc1ccc2c(n1)NCCC2)CCOCC(F)F)C(=O)O)C(C)C. The Bertz CT molecular complexity index is 864. The van der Waals surface area contributed by atoms with Crippen molar-refractivity contribution < 1.29 is 28.2 Å². The van der Waals surface area contributed by atoms with Gasteiger partial charge in [-0.15, -0.1) is 0 Å². The van der Waals surface area contributed by atoms with E-state index in [1.165, 1.54) is 5.56 Å². The summed E-state index contributed by atoms with van der Waals surface area (Å²) in [6.07, 6.45) is 2.36. The first-order valence-corrected chi connectivity index (χ1v) is 13.7. The van der Waals surface area contributed by atoms with Crippen LogP contribution >= 0.6 is 0 Å². The molecule has 0 spiro atoms. The van der Waals surface area contributed by atoms with Crippen LogP contribution in [0.4, 0.5) is 19.4 Å². The first-order chi connectivity index (χ1) is 18.1. The van der Waals surface area contributed by atoms with Gasteiger partial charge in [-0.05, 0) is 84.4 Å². The van der Waals surface area contributed by atoms with Gasteiger partial charge in [-0.1, -0.05) is 6.07 Å². The molecule has 2 heterocycles. The average molecular weight is 542 g/mol. The predicted molar refractivity (Wildman–Crippen MR) is 144 cm³/mol. The molecule has 1 aromatic rings. The maximum Gasteiger partial charge on any atom is 0.326 e. The molecule has 0 radical (unpaired) electrons. The fraction of sp³-hybridized carbons (Fsp3) is 0.741. The number of urea groups is 1. The maximum absolute atomic E-state index is 12.7. The van der Waals surface area contributed by atoms with Crippen LogP contribution < -0.4 is 10.6 Å². The number of hydrogen-bond acceptors (Lipinski definition) is 6. The van der Waals surface area contributed by atoms with Gasteiger partial charge in [-0.3, -0.25) is 0 Å². The number of nitrogens with one attached hydrogen (secondary N) is 2. The maximum atomic E-state index is 12.7. The van der Waals surface area contributed by atoms with Gasteiger partial charge in [0.2, 0.25) is 0 Å². The van der Waals surface area contributed by atoms with Crippen LogP contribution in [0.25, 0.3) is 0 Å². The van der Waals surface area contributed by atoms with E-state index in [2.05, 4.69) is 22.8 Å². The molecular formula is C27H45F2N5O4. The summed E-state index contributed by atoms with van der Waals surface area (Å²) in [5, 5.41) is 15.7. The quantitative estimate of drug-likeness (QED) is 0.256. The molecule has 9 nitrogen and oxygen atoms in total. The van der Waals surface area contributed by atoms with Crippen LogP contribution in [-0.2, 0) is 22.4 Å². The number of amides is 2. The van der Waals surface area contributed by atoms with E-state index in [9.17, 15) is 23.5 Å². The highest BCUT2D eigenvalue weighted by molar-refractivity contribution is 5.82. The van der Waals surface area contributed by atoms with Crippen molar-refractivity contribution in [2.45, 2.75) is 90.8 Å². The molecule has 1 atom stereocenters. The zero-order valence-electron chi connectivity index (χ0n) is 23.2. The van der Waals surface area contributed by atoms with Crippen molar-refractivity contribution in [3.63, 3.8) is 0 Å². The standard InChI is InChI=1S/C27H45F2N5O4/c1-19(2)34(20(3)4)27(37)32-23(26(35)36)12-15-33(16-17-38-18-24(28)29)14-6-5-9-22-11-10-21-8-7-13-30-25(21)31-22/h10-11,19-20,23-24H,5-9,12-18H2,1-4H3,(H,30,31)(H,32,37)(H,35,36). The lowest BCUT2D eigenvalue weighted by atomic mass is 10.1. The van der Waals surface area contributed by atoms with Gasteiger partial charge < -0.3 is 30.3 Å². The lowest BCUT2D eigenvalue weighted by Crippen LogP contribution is -2.53. The van der Waals surface area contributed by atoms with Gasteiger partial charge in [0, 0.05) is 37.4 Å². The normalized spacial score (nSPS) is 14.1. The molecule has 1 unspecified atom stereocenters. The van der Waals surface area contributed by atoms with Gasteiger partial charge in [0.25, 0.3) is 6.43 Å². The second-order valence-corrected chi connectivity index (χ2v) is 10.3. The zero-order valence-corrected chi connectivity index (χ0v) is 23.2. The molecule has 216 valence electrons. The molecule has 0 saturated heterocycles. The number of carbonyl (C=O) groups excluding carboxylic acids is 1. The third kappa shape index (κ3) is 11.1. The van der Waals surface area contributed by atoms with Gasteiger partial charge in [0.1, 0.15) is 18.5 Å². The highest BCUT2D eigenvalue weighted by Gasteiger charge is 2.26. The summed E-state index contributed by atoms with van der Waals surface area (Å²) < 4.78 is 30.0. The number of aliphatic carboxylic acids is 1. The van der Waals surface area contributed by atoms with Crippen molar-refractivity contribution in [1.29, 1.82) is 0 Å². The summed E-state index contributed by atoms with van der Waals surface area (Å²) in [5.41, 5.74) is 2.28. The van der Waals surface area contributed by atoms with Gasteiger partial charge in [0.15, 0.2) is 0 Å². The van der Waals surface area contributed by atoms with Crippen molar-refractivity contribution >= 4 is 17.8 Å². The second kappa shape index (κ2) is 16.4. The molecule has 2 rings (SSSR count). The Morgan fingerprint density at radius 3 is 2.53 bits per heavy atom. The molecular weight excluding hydrogens is 496 g/mol. The van der Waals surface area contributed by atoms with E-state index < -0.39 is 31.1 Å². The Balaban J connectivity index is 1.90. The number of carboxylic acids is 1. The van der Waals surface area contributed by atoms with E-state index in [-0.39, 0.29) is 25.1 Å². The Morgan fingerprint density at radius 1 is 1.13 bits per heavy atom.